The van der Waals surface area contributed by atoms with E-state index in [9.17, 15) is 14.9 Å². The van der Waals surface area contributed by atoms with Crippen LogP contribution in [0.15, 0.2) is 42.5 Å². The maximum atomic E-state index is 12.3. The molecule has 0 unspecified atom stereocenters. The smallest absolute Gasteiger partial charge is 0.244 e. The van der Waals surface area contributed by atoms with E-state index in [0.717, 1.165) is 5.56 Å². The minimum atomic E-state index is -0.372. The van der Waals surface area contributed by atoms with Gasteiger partial charge in [0.05, 0.1) is 11.3 Å². The molecule has 0 radical (unpaired) electrons. The van der Waals surface area contributed by atoms with Crippen molar-refractivity contribution in [2.45, 2.75) is 13.8 Å². The molecule has 6 heteroatoms. The van der Waals surface area contributed by atoms with Gasteiger partial charge in [0.25, 0.3) is 0 Å². The van der Waals surface area contributed by atoms with Gasteiger partial charge in [-0.15, -0.1) is 0 Å². The van der Waals surface area contributed by atoms with Crippen LogP contribution in [0.3, 0.4) is 0 Å². The maximum Gasteiger partial charge on any atom is 0.244 e. The van der Waals surface area contributed by atoms with Gasteiger partial charge in [0, 0.05) is 17.6 Å². The largest absolute Gasteiger partial charge is 0.324 e. The van der Waals surface area contributed by atoms with E-state index in [0.29, 0.717) is 22.0 Å². The first-order valence-electron chi connectivity index (χ1n) is 7.26. The van der Waals surface area contributed by atoms with E-state index in [1.807, 2.05) is 6.07 Å². The Kier molecular flexibility index (Phi) is 5.56. The van der Waals surface area contributed by atoms with Crippen molar-refractivity contribution in [3.05, 3.63) is 58.6 Å². The normalized spacial score (nSPS) is 9.92. The summed E-state index contributed by atoms with van der Waals surface area (Å²) in [5.41, 5.74) is 2.08. The van der Waals surface area contributed by atoms with Crippen molar-refractivity contribution in [3.8, 4) is 6.07 Å². The van der Waals surface area contributed by atoms with Crippen LogP contribution in [0.1, 0.15) is 18.1 Å². The Balaban J connectivity index is 2.22. The number of nitrogens with zero attached hydrogens (tertiary/aromatic N) is 2. The van der Waals surface area contributed by atoms with E-state index in [2.05, 4.69) is 5.32 Å². The maximum absolute atomic E-state index is 12.3. The fraction of sp³-hybridized carbons (Fsp3) is 0.167. The Bertz CT molecular complexity index is 827. The van der Waals surface area contributed by atoms with Gasteiger partial charge in [-0.05, 0) is 36.8 Å². The van der Waals surface area contributed by atoms with E-state index in [1.54, 1.807) is 49.4 Å². The number of benzene rings is 2. The average molecular weight is 342 g/mol. The first kappa shape index (κ1) is 17.5. The quantitative estimate of drug-likeness (QED) is 0.924. The number of para-hydroxylation sites is 1. The highest BCUT2D eigenvalue weighted by atomic mass is 35.5. The molecule has 122 valence electrons. The average Bonchev–Trinajstić information content (AvgIpc) is 2.56. The summed E-state index contributed by atoms with van der Waals surface area (Å²) < 4.78 is 0. The van der Waals surface area contributed by atoms with Crippen molar-refractivity contribution < 1.29 is 9.59 Å². The lowest BCUT2D eigenvalue weighted by molar-refractivity contribution is -0.120. The molecular formula is C18H16ClN3O2. The van der Waals surface area contributed by atoms with E-state index in [1.165, 1.54) is 11.8 Å². The number of anilines is 2. The standard InChI is InChI=1S/C18H16ClN3O2/c1-12-15(19)7-5-8-16(12)21-18(24)11-22(13(2)23)17-9-4-3-6-14(17)10-20/h3-9H,11H2,1-2H3,(H,21,24). The highest BCUT2D eigenvalue weighted by molar-refractivity contribution is 6.31. The number of halogens is 1. The fourth-order valence-corrected chi connectivity index (χ4v) is 2.42. The summed E-state index contributed by atoms with van der Waals surface area (Å²) in [5, 5.41) is 12.5. The molecule has 2 aromatic carbocycles. The van der Waals surface area contributed by atoms with Gasteiger partial charge in [-0.2, -0.15) is 5.26 Å². The third-order valence-electron chi connectivity index (χ3n) is 3.54. The number of rotatable bonds is 4. The monoisotopic (exact) mass is 341 g/mol. The van der Waals surface area contributed by atoms with Gasteiger partial charge in [0.15, 0.2) is 0 Å². The van der Waals surface area contributed by atoms with Crippen LogP contribution in [-0.2, 0) is 9.59 Å². The molecule has 0 atom stereocenters. The molecule has 2 aromatic rings. The van der Waals surface area contributed by atoms with Crippen LogP contribution in [0, 0.1) is 18.3 Å². The predicted molar refractivity (Wildman–Crippen MR) is 94.0 cm³/mol. The number of nitriles is 1. The van der Waals surface area contributed by atoms with Crippen molar-refractivity contribution >= 4 is 34.8 Å². The molecular weight excluding hydrogens is 326 g/mol. The SMILES string of the molecule is CC(=O)N(CC(=O)Nc1cccc(Cl)c1C)c1ccccc1C#N. The summed E-state index contributed by atoms with van der Waals surface area (Å²) in [4.78, 5) is 25.5. The summed E-state index contributed by atoms with van der Waals surface area (Å²) in [7, 11) is 0. The lowest BCUT2D eigenvalue weighted by atomic mass is 10.1. The number of nitrogens with one attached hydrogen (secondary N) is 1. The highest BCUT2D eigenvalue weighted by Gasteiger charge is 2.19. The Morgan fingerprint density at radius 3 is 2.58 bits per heavy atom. The first-order chi connectivity index (χ1) is 11.4. The molecule has 0 aliphatic heterocycles. The van der Waals surface area contributed by atoms with Crippen molar-refractivity contribution in [2.24, 2.45) is 0 Å². The van der Waals surface area contributed by atoms with Crippen LogP contribution in [0.25, 0.3) is 0 Å². The summed E-state index contributed by atoms with van der Waals surface area (Å²) in [6.07, 6.45) is 0. The molecule has 24 heavy (non-hydrogen) atoms. The number of hydrogen-bond donors (Lipinski definition) is 1. The molecule has 0 aromatic heterocycles. The molecule has 2 amide bonds. The van der Waals surface area contributed by atoms with Crippen LogP contribution >= 0.6 is 11.6 Å². The molecule has 0 heterocycles. The predicted octanol–water partition coefficient (Wildman–Crippen LogP) is 3.51. The Labute approximate surface area is 145 Å². The number of carbonyl (C=O) groups is 2. The molecule has 0 bridgehead atoms. The van der Waals surface area contributed by atoms with Crippen molar-refractivity contribution in [1.82, 2.24) is 0 Å². The summed E-state index contributed by atoms with van der Waals surface area (Å²) >= 11 is 6.04. The number of hydrogen-bond acceptors (Lipinski definition) is 3. The fourth-order valence-electron chi connectivity index (χ4n) is 2.25. The first-order valence-corrected chi connectivity index (χ1v) is 7.64. The van der Waals surface area contributed by atoms with Crippen LogP contribution in [0.4, 0.5) is 11.4 Å². The molecule has 0 fully saturated rings. The van der Waals surface area contributed by atoms with Gasteiger partial charge < -0.3 is 10.2 Å². The Morgan fingerprint density at radius 1 is 1.21 bits per heavy atom. The van der Waals surface area contributed by atoms with Crippen LogP contribution in [0.5, 0.6) is 0 Å². The number of amides is 2. The molecule has 0 saturated heterocycles. The molecule has 2 rings (SSSR count). The zero-order valence-corrected chi connectivity index (χ0v) is 14.1. The summed E-state index contributed by atoms with van der Waals surface area (Å²) in [5.74, 6) is -0.695. The highest BCUT2D eigenvalue weighted by Crippen LogP contribution is 2.23. The molecule has 1 N–H and O–H groups in total. The second kappa shape index (κ2) is 7.62. The van der Waals surface area contributed by atoms with E-state index < -0.39 is 0 Å². The summed E-state index contributed by atoms with van der Waals surface area (Å²) in [6.45, 7) is 2.96. The van der Waals surface area contributed by atoms with Crippen molar-refractivity contribution in [3.63, 3.8) is 0 Å². The minimum absolute atomic E-state index is 0.194. The zero-order valence-electron chi connectivity index (χ0n) is 13.3. The van der Waals surface area contributed by atoms with E-state index >= 15 is 0 Å². The van der Waals surface area contributed by atoms with E-state index in [-0.39, 0.29) is 18.4 Å². The Hall–Kier alpha value is -2.84. The van der Waals surface area contributed by atoms with Gasteiger partial charge in [0.1, 0.15) is 12.6 Å². The molecule has 0 aliphatic rings. The second-order valence-corrected chi connectivity index (χ2v) is 5.60. The lowest BCUT2D eigenvalue weighted by Crippen LogP contribution is -2.37. The third-order valence-corrected chi connectivity index (χ3v) is 3.95. The van der Waals surface area contributed by atoms with Crippen molar-refractivity contribution in [2.75, 3.05) is 16.8 Å². The van der Waals surface area contributed by atoms with Gasteiger partial charge in [-0.1, -0.05) is 29.8 Å². The molecule has 0 saturated carbocycles. The van der Waals surface area contributed by atoms with Gasteiger partial charge in [-0.25, -0.2) is 0 Å². The molecule has 0 spiro atoms. The second-order valence-electron chi connectivity index (χ2n) is 5.19. The zero-order chi connectivity index (χ0) is 17.7. The molecule has 5 nitrogen and oxygen atoms in total. The lowest BCUT2D eigenvalue weighted by Gasteiger charge is -2.22. The van der Waals surface area contributed by atoms with Crippen LogP contribution < -0.4 is 10.2 Å². The Morgan fingerprint density at radius 2 is 1.92 bits per heavy atom. The third kappa shape index (κ3) is 3.92. The van der Waals surface area contributed by atoms with Gasteiger partial charge in [0.2, 0.25) is 11.8 Å². The van der Waals surface area contributed by atoms with Crippen LogP contribution in [0.2, 0.25) is 5.02 Å². The van der Waals surface area contributed by atoms with Gasteiger partial charge in [-0.3, -0.25) is 9.59 Å². The minimum Gasteiger partial charge on any atom is -0.324 e. The van der Waals surface area contributed by atoms with E-state index in [4.69, 9.17) is 11.6 Å². The van der Waals surface area contributed by atoms with Gasteiger partial charge >= 0.3 is 0 Å². The molecule has 0 aliphatic carbocycles. The van der Waals surface area contributed by atoms with Crippen molar-refractivity contribution in [1.29, 1.82) is 5.26 Å². The summed E-state index contributed by atoms with van der Waals surface area (Å²) in [6, 6.07) is 13.9. The van der Waals surface area contributed by atoms with Crippen LogP contribution in [-0.4, -0.2) is 18.4 Å². The topological polar surface area (TPSA) is 73.2 Å². The number of carbonyl (C=O) groups excluding carboxylic acids is 2.